The fraction of sp³-hybridized carbons (Fsp3) is 0.333. The Kier molecular flexibility index (Phi) is 7.40. The lowest BCUT2D eigenvalue weighted by molar-refractivity contribution is -0.142. The second kappa shape index (κ2) is 9.55. The number of carbonyl (C=O) groups is 2. The number of benzene rings is 2. The molecule has 0 aromatic heterocycles. The molecule has 2 aromatic rings. The number of ether oxygens (including phenoxy) is 1. The lowest BCUT2D eigenvalue weighted by atomic mass is 10.1. The summed E-state index contributed by atoms with van der Waals surface area (Å²) >= 11 is 6.15. The Morgan fingerprint density at radius 1 is 1.21 bits per heavy atom. The van der Waals surface area contributed by atoms with Gasteiger partial charge in [0.1, 0.15) is 17.6 Å². The molecule has 0 saturated heterocycles. The molecule has 0 aliphatic heterocycles. The summed E-state index contributed by atoms with van der Waals surface area (Å²) in [6.45, 7) is 4.97. The van der Waals surface area contributed by atoms with Crippen molar-refractivity contribution in [1.29, 1.82) is 0 Å². The number of hydrogen-bond acceptors (Lipinski definition) is 3. The van der Waals surface area contributed by atoms with Crippen molar-refractivity contribution < 1.29 is 18.7 Å². The molecule has 0 fully saturated rings. The molecule has 0 radical (unpaired) electrons. The van der Waals surface area contributed by atoms with Gasteiger partial charge in [-0.3, -0.25) is 9.59 Å². The van der Waals surface area contributed by atoms with Crippen molar-refractivity contribution in [3.63, 3.8) is 0 Å². The van der Waals surface area contributed by atoms with Crippen molar-refractivity contribution >= 4 is 23.4 Å². The third kappa shape index (κ3) is 5.23. The van der Waals surface area contributed by atoms with E-state index in [0.29, 0.717) is 16.3 Å². The van der Waals surface area contributed by atoms with E-state index in [1.807, 2.05) is 13.8 Å². The van der Waals surface area contributed by atoms with Crippen LogP contribution in [-0.4, -0.2) is 36.4 Å². The molecular weight excluding hydrogens is 383 g/mol. The third-order valence-corrected chi connectivity index (χ3v) is 5.08. The minimum atomic E-state index is -0.783. The van der Waals surface area contributed by atoms with Gasteiger partial charge in [0, 0.05) is 24.2 Å². The summed E-state index contributed by atoms with van der Waals surface area (Å²) < 4.78 is 19.7. The normalized spacial score (nSPS) is 11.6. The maximum absolute atomic E-state index is 14.1. The number of carbonyl (C=O) groups excluding carboxylic acids is 2. The Hall–Kier alpha value is -2.60. The number of amides is 2. The van der Waals surface area contributed by atoms with E-state index in [4.69, 9.17) is 16.3 Å². The van der Waals surface area contributed by atoms with Gasteiger partial charge in [0.25, 0.3) is 5.91 Å². The molecule has 5 nitrogen and oxygen atoms in total. The summed E-state index contributed by atoms with van der Waals surface area (Å²) in [6, 6.07) is 8.85. The van der Waals surface area contributed by atoms with E-state index in [2.05, 4.69) is 5.32 Å². The molecule has 2 amide bonds. The van der Waals surface area contributed by atoms with E-state index in [1.54, 1.807) is 37.3 Å². The van der Waals surface area contributed by atoms with Crippen molar-refractivity contribution in [1.82, 2.24) is 10.2 Å². The van der Waals surface area contributed by atoms with Crippen molar-refractivity contribution in [3.05, 3.63) is 63.9 Å². The zero-order valence-corrected chi connectivity index (χ0v) is 17.1. The number of nitrogens with one attached hydrogen (secondary N) is 1. The standard InChI is InChI=1S/C21H24ClFN2O3/c1-13-9-17(10-14(2)20(13)22)28-12-19(26)25(15(3)21(27)24-4)11-16-7-5-6-8-18(16)23/h5-10,15H,11-12H2,1-4H3,(H,24,27)/t15-/m0/s1. The molecule has 1 N–H and O–H groups in total. The molecule has 7 heteroatoms. The number of rotatable bonds is 7. The Morgan fingerprint density at radius 3 is 2.39 bits per heavy atom. The fourth-order valence-corrected chi connectivity index (χ4v) is 2.93. The van der Waals surface area contributed by atoms with Gasteiger partial charge in [-0.15, -0.1) is 0 Å². The first-order valence-corrected chi connectivity index (χ1v) is 9.26. The minimum absolute atomic E-state index is 0.0396. The summed E-state index contributed by atoms with van der Waals surface area (Å²) in [6.07, 6.45) is 0. The van der Waals surface area contributed by atoms with Crippen molar-refractivity contribution in [2.24, 2.45) is 0 Å². The highest BCUT2D eigenvalue weighted by Crippen LogP contribution is 2.26. The SMILES string of the molecule is CNC(=O)[C@H](C)N(Cc1ccccc1F)C(=O)COc1cc(C)c(Cl)c(C)c1. The Balaban J connectivity index is 2.19. The first kappa shape index (κ1) is 21.7. The maximum Gasteiger partial charge on any atom is 0.261 e. The smallest absolute Gasteiger partial charge is 0.261 e. The van der Waals surface area contributed by atoms with Crippen LogP contribution < -0.4 is 10.1 Å². The van der Waals surface area contributed by atoms with Crippen LogP contribution in [0.15, 0.2) is 36.4 Å². The number of likely N-dealkylation sites (N-methyl/N-ethyl adjacent to an activating group) is 1. The van der Waals surface area contributed by atoms with E-state index in [0.717, 1.165) is 11.1 Å². The molecule has 2 aromatic carbocycles. The van der Waals surface area contributed by atoms with E-state index in [-0.39, 0.29) is 19.1 Å². The Labute approximate surface area is 169 Å². The molecule has 0 saturated carbocycles. The average Bonchev–Trinajstić information content (AvgIpc) is 2.68. The average molecular weight is 407 g/mol. The molecule has 2 rings (SSSR count). The Morgan fingerprint density at radius 2 is 1.82 bits per heavy atom. The molecule has 0 spiro atoms. The lowest BCUT2D eigenvalue weighted by Crippen LogP contribution is -2.48. The topological polar surface area (TPSA) is 58.6 Å². The number of aryl methyl sites for hydroxylation is 2. The van der Waals surface area contributed by atoms with E-state index < -0.39 is 17.8 Å². The van der Waals surface area contributed by atoms with Gasteiger partial charge < -0.3 is 15.0 Å². The van der Waals surface area contributed by atoms with Crippen LogP contribution in [0.5, 0.6) is 5.75 Å². The molecule has 0 aliphatic rings. The molecule has 0 unspecified atom stereocenters. The van der Waals surface area contributed by atoms with Crippen LogP contribution in [0.25, 0.3) is 0 Å². The molecule has 0 heterocycles. The van der Waals surface area contributed by atoms with Crippen LogP contribution in [0.2, 0.25) is 5.02 Å². The van der Waals surface area contributed by atoms with Gasteiger partial charge in [-0.2, -0.15) is 0 Å². The molecule has 0 aliphatic carbocycles. The van der Waals surface area contributed by atoms with Crippen LogP contribution >= 0.6 is 11.6 Å². The monoisotopic (exact) mass is 406 g/mol. The van der Waals surface area contributed by atoms with Gasteiger partial charge in [0.2, 0.25) is 5.91 Å². The zero-order valence-electron chi connectivity index (χ0n) is 16.4. The summed E-state index contributed by atoms with van der Waals surface area (Å²) in [5.74, 6) is -0.701. The quantitative estimate of drug-likeness (QED) is 0.763. The second-order valence-electron chi connectivity index (χ2n) is 6.56. The molecule has 150 valence electrons. The summed E-state index contributed by atoms with van der Waals surface area (Å²) in [7, 11) is 1.49. The fourth-order valence-electron chi connectivity index (χ4n) is 2.82. The van der Waals surface area contributed by atoms with Crippen LogP contribution in [0.1, 0.15) is 23.6 Å². The molecular formula is C21H24ClFN2O3. The first-order chi connectivity index (χ1) is 13.2. The van der Waals surface area contributed by atoms with Gasteiger partial charge in [0.05, 0.1) is 0 Å². The summed E-state index contributed by atoms with van der Waals surface area (Å²) in [4.78, 5) is 26.2. The van der Waals surface area contributed by atoms with Crippen molar-refractivity contribution in [2.75, 3.05) is 13.7 Å². The van der Waals surface area contributed by atoms with Crippen LogP contribution in [-0.2, 0) is 16.1 Å². The van der Waals surface area contributed by atoms with E-state index >= 15 is 0 Å². The molecule has 1 atom stereocenters. The summed E-state index contributed by atoms with van der Waals surface area (Å²) in [5.41, 5.74) is 2.00. The Bertz CT molecular complexity index is 849. The predicted molar refractivity (Wildman–Crippen MR) is 107 cm³/mol. The number of nitrogens with zero attached hydrogens (tertiary/aromatic N) is 1. The number of hydrogen-bond donors (Lipinski definition) is 1. The van der Waals surface area contributed by atoms with Crippen molar-refractivity contribution in [3.8, 4) is 5.75 Å². The highest BCUT2D eigenvalue weighted by molar-refractivity contribution is 6.32. The first-order valence-electron chi connectivity index (χ1n) is 8.88. The largest absolute Gasteiger partial charge is 0.484 e. The highest BCUT2D eigenvalue weighted by Gasteiger charge is 2.26. The van der Waals surface area contributed by atoms with Gasteiger partial charge in [0.15, 0.2) is 6.61 Å². The van der Waals surface area contributed by atoms with E-state index in [1.165, 1.54) is 18.0 Å². The van der Waals surface area contributed by atoms with E-state index in [9.17, 15) is 14.0 Å². The zero-order chi connectivity index (χ0) is 20.8. The second-order valence-corrected chi connectivity index (χ2v) is 6.94. The van der Waals surface area contributed by atoms with Crippen LogP contribution in [0.3, 0.4) is 0 Å². The molecule has 0 bridgehead atoms. The lowest BCUT2D eigenvalue weighted by Gasteiger charge is -2.28. The summed E-state index contributed by atoms with van der Waals surface area (Å²) in [5, 5.41) is 3.16. The van der Waals surface area contributed by atoms with Gasteiger partial charge >= 0.3 is 0 Å². The van der Waals surface area contributed by atoms with Gasteiger partial charge in [-0.05, 0) is 50.1 Å². The van der Waals surface area contributed by atoms with Crippen molar-refractivity contribution in [2.45, 2.75) is 33.4 Å². The predicted octanol–water partition coefficient (Wildman–Crippen LogP) is 3.64. The van der Waals surface area contributed by atoms with Crippen LogP contribution in [0.4, 0.5) is 4.39 Å². The minimum Gasteiger partial charge on any atom is -0.484 e. The maximum atomic E-state index is 14.1. The highest BCUT2D eigenvalue weighted by atomic mass is 35.5. The number of halogens is 2. The molecule has 28 heavy (non-hydrogen) atoms. The van der Waals surface area contributed by atoms with Gasteiger partial charge in [-0.1, -0.05) is 29.8 Å². The third-order valence-electron chi connectivity index (χ3n) is 4.48. The van der Waals surface area contributed by atoms with Gasteiger partial charge in [-0.25, -0.2) is 4.39 Å². The van der Waals surface area contributed by atoms with Crippen LogP contribution in [0, 0.1) is 19.7 Å².